The second-order valence-electron chi connectivity index (χ2n) is 6.38. The first-order valence-electron chi connectivity index (χ1n) is 8.45. The topological polar surface area (TPSA) is 75.5 Å². The van der Waals surface area contributed by atoms with Crippen molar-refractivity contribution in [3.63, 3.8) is 0 Å². The van der Waals surface area contributed by atoms with E-state index >= 15 is 0 Å². The van der Waals surface area contributed by atoms with E-state index in [4.69, 9.17) is 4.74 Å². The normalized spacial score (nSPS) is 18.0. The van der Waals surface area contributed by atoms with Gasteiger partial charge in [-0.3, -0.25) is 4.79 Å². The number of carbonyl (C=O) groups excluding carboxylic acids is 1. The summed E-state index contributed by atoms with van der Waals surface area (Å²) < 4.78 is 7.57. The molecule has 7 heteroatoms. The number of hydrogen-bond donors (Lipinski definition) is 1. The van der Waals surface area contributed by atoms with Crippen LogP contribution in [0.3, 0.4) is 0 Å². The standard InChI is InChI=1S/C18H21N5O2/c1-12-10-19-18(20-12)15-11-25-8-7-23(15)17(24)9-14-13(2)21-16-5-3-4-6-22(14)16/h3-6,10,15H,7-9,11H2,1-2H3,(H,19,20). The van der Waals surface area contributed by atoms with Crippen LogP contribution in [0.15, 0.2) is 30.6 Å². The summed E-state index contributed by atoms with van der Waals surface area (Å²) in [5.41, 5.74) is 3.66. The number of nitrogens with zero attached hydrogens (tertiary/aromatic N) is 4. The Kier molecular flexibility index (Phi) is 4.01. The van der Waals surface area contributed by atoms with Crippen LogP contribution in [0, 0.1) is 13.8 Å². The third-order valence-electron chi connectivity index (χ3n) is 4.63. The van der Waals surface area contributed by atoms with Gasteiger partial charge in [0.1, 0.15) is 17.5 Å². The van der Waals surface area contributed by atoms with Crippen LogP contribution < -0.4 is 0 Å². The maximum Gasteiger partial charge on any atom is 0.229 e. The van der Waals surface area contributed by atoms with Gasteiger partial charge in [-0.15, -0.1) is 0 Å². The lowest BCUT2D eigenvalue weighted by Crippen LogP contribution is -2.44. The van der Waals surface area contributed by atoms with Gasteiger partial charge in [-0.05, 0) is 26.0 Å². The van der Waals surface area contributed by atoms with Gasteiger partial charge >= 0.3 is 0 Å². The van der Waals surface area contributed by atoms with Crippen LogP contribution >= 0.6 is 0 Å². The summed E-state index contributed by atoms with van der Waals surface area (Å²) in [5, 5.41) is 0. The molecule has 130 valence electrons. The maximum absolute atomic E-state index is 13.0. The highest BCUT2D eigenvalue weighted by molar-refractivity contribution is 5.79. The first-order chi connectivity index (χ1) is 12.1. The number of amides is 1. The molecule has 0 aliphatic carbocycles. The Hall–Kier alpha value is -2.67. The number of nitrogens with one attached hydrogen (secondary N) is 1. The molecule has 4 heterocycles. The first kappa shape index (κ1) is 15.8. The van der Waals surface area contributed by atoms with Gasteiger partial charge in [-0.1, -0.05) is 6.07 Å². The number of ether oxygens (including phenoxy) is 1. The second-order valence-corrected chi connectivity index (χ2v) is 6.38. The van der Waals surface area contributed by atoms with Gasteiger partial charge in [-0.25, -0.2) is 9.97 Å². The summed E-state index contributed by atoms with van der Waals surface area (Å²) >= 11 is 0. The summed E-state index contributed by atoms with van der Waals surface area (Å²) in [6.45, 7) is 5.48. The predicted molar refractivity (Wildman–Crippen MR) is 92.2 cm³/mol. The fourth-order valence-electron chi connectivity index (χ4n) is 3.35. The number of rotatable bonds is 3. The highest BCUT2D eigenvalue weighted by Gasteiger charge is 2.31. The zero-order valence-corrected chi connectivity index (χ0v) is 14.4. The SMILES string of the molecule is Cc1cnc(C2COCCN2C(=O)Cc2c(C)nc3ccccn23)[nH]1. The van der Waals surface area contributed by atoms with Gasteiger partial charge in [0.25, 0.3) is 0 Å². The third-order valence-corrected chi connectivity index (χ3v) is 4.63. The van der Waals surface area contributed by atoms with Gasteiger partial charge in [0.15, 0.2) is 0 Å². The van der Waals surface area contributed by atoms with E-state index in [1.165, 1.54) is 0 Å². The van der Waals surface area contributed by atoms with Crippen LogP contribution in [0.5, 0.6) is 0 Å². The minimum atomic E-state index is -0.172. The fourth-order valence-corrected chi connectivity index (χ4v) is 3.35. The van der Waals surface area contributed by atoms with Crippen LogP contribution in [-0.4, -0.2) is 49.9 Å². The largest absolute Gasteiger partial charge is 0.377 e. The minimum Gasteiger partial charge on any atom is -0.377 e. The average molecular weight is 339 g/mol. The number of imidazole rings is 2. The molecule has 7 nitrogen and oxygen atoms in total. The number of hydrogen-bond acceptors (Lipinski definition) is 4. The molecule has 0 spiro atoms. The molecule has 0 aromatic carbocycles. The molecule has 0 saturated carbocycles. The number of morpholine rings is 1. The van der Waals surface area contributed by atoms with Crippen molar-refractivity contribution in [3.05, 3.63) is 53.5 Å². The molecule has 1 saturated heterocycles. The molecule has 0 radical (unpaired) electrons. The molecule has 25 heavy (non-hydrogen) atoms. The van der Waals surface area contributed by atoms with Gasteiger partial charge in [0.05, 0.1) is 31.0 Å². The Bertz CT molecular complexity index is 913. The summed E-state index contributed by atoms with van der Waals surface area (Å²) in [6.07, 6.45) is 4.04. The van der Waals surface area contributed by atoms with E-state index in [-0.39, 0.29) is 11.9 Å². The number of fused-ring (bicyclic) bond motifs is 1. The lowest BCUT2D eigenvalue weighted by atomic mass is 10.1. The number of aromatic nitrogens is 4. The molecule has 1 aliphatic rings. The van der Waals surface area contributed by atoms with Gasteiger partial charge in [0, 0.05) is 24.6 Å². The Balaban J connectivity index is 1.61. The molecule has 3 aromatic heterocycles. The van der Waals surface area contributed by atoms with E-state index in [0.717, 1.165) is 28.6 Å². The van der Waals surface area contributed by atoms with Crippen molar-refractivity contribution in [2.75, 3.05) is 19.8 Å². The number of carbonyl (C=O) groups is 1. The van der Waals surface area contributed by atoms with E-state index in [2.05, 4.69) is 15.0 Å². The second kappa shape index (κ2) is 6.33. The third kappa shape index (κ3) is 2.91. The van der Waals surface area contributed by atoms with Crippen LogP contribution in [-0.2, 0) is 16.0 Å². The highest BCUT2D eigenvalue weighted by atomic mass is 16.5. The minimum absolute atomic E-state index is 0.0658. The monoisotopic (exact) mass is 339 g/mol. The fraction of sp³-hybridized carbons (Fsp3) is 0.389. The van der Waals surface area contributed by atoms with Gasteiger partial charge in [0.2, 0.25) is 5.91 Å². The first-order valence-corrected chi connectivity index (χ1v) is 8.45. The molecule has 1 aliphatic heterocycles. The highest BCUT2D eigenvalue weighted by Crippen LogP contribution is 2.23. The molecule has 1 unspecified atom stereocenters. The van der Waals surface area contributed by atoms with E-state index in [9.17, 15) is 4.79 Å². The van der Waals surface area contributed by atoms with Crippen LogP contribution in [0.4, 0.5) is 0 Å². The summed E-state index contributed by atoms with van der Waals surface area (Å²) in [7, 11) is 0. The van der Waals surface area contributed by atoms with Gasteiger partial charge in [-0.2, -0.15) is 0 Å². The average Bonchev–Trinajstić information content (AvgIpc) is 3.19. The molecular formula is C18H21N5O2. The van der Waals surface area contributed by atoms with Crippen molar-refractivity contribution in [3.8, 4) is 0 Å². The summed E-state index contributed by atoms with van der Waals surface area (Å²) in [4.78, 5) is 27.1. The number of aryl methyl sites for hydroxylation is 2. The molecule has 0 bridgehead atoms. The quantitative estimate of drug-likeness (QED) is 0.790. The van der Waals surface area contributed by atoms with Crippen molar-refractivity contribution < 1.29 is 9.53 Å². The molecular weight excluding hydrogens is 318 g/mol. The Labute approximate surface area is 145 Å². The van der Waals surface area contributed by atoms with E-state index in [1.807, 2.05) is 47.5 Å². The lowest BCUT2D eigenvalue weighted by molar-refractivity contribution is -0.139. The van der Waals surface area contributed by atoms with Crippen LogP contribution in [0.25, 0.3) is 5.65 Å². The molecule has 1 amide bonds. The molecule has 1 N–H and O–H groups in total. The zero-order chi connectivity index (χ0) is 17.4. The molecule has 3 aromatic rings. The predicted octanol–water partition coefficient (Wildman–Crippen LogP) is 1.82. The van der Waals surface area contributed by atoms with Crippen LogP contribution in [0.1, 0.15) is 28.9 Å². The zero-order valence-electron chi connectivity index (χ0n) is 14.4. The van der Waals surface area contributed by atoms with Gasteiger partial charge < -0.3 is 19.0 Å². The Morgan fingerprint density at radius 2 is 2.28 bits per heavy atom. The lowest BCUT2D eigenvalue weighted by Gasteiger charge is -2.34. The van der Waals surface area contributed by atoms with E-state index < -0.39 is 0 Å². The molecule has 1 atom stereocenters. The smallest absolute Gasteiger partial charge is 0.229 e. The number of pyridine rings is 1. The molecule has 1 fully saturated rings. The van der Waals surface area contributed by atoms with Crippen molar-refractivity contribution >= 4 is 11.6 Å². The maximum atomic E-state index is 13.0. The number of H-pyrrole nitrogens is 1. The van der Waals surface area contributed by atoms with Crippen molar-refractivity contribution in [1.29, 1.82) is 0 Å². The Morgan fingerprint density at radius 1 is 1.40 bits per heavy atom. The van der Waals surface area contributed by atoms with Crippen molar-refractivity contribution in [2.24, 2.45) is 0 Å². The Morgan fingerprint density at radius 3 is 3.08 bits per heavy atom. The molecule has 4 rings (SSSR count). The van der Waals surface area contributed by atoms with E-state index in [0.29, 0.717) is 26.2 Å². The van der Waals surface area contributed by atoms with E-state index in [1.54, 1.807) is 6.20 Å². The van der Waals surface area contributed by atoms with Crippen molar-refractivity contribution in [2.45, 2.75) is 26.3 Å². The van der Waals surface area contributed by atoms with Crippen LogP contribution in [0.2, 0.25) is 0 Å². The van der Waals surface area contributed by atoms with Crippen molar-refractivity contribution in [1.82, 2.24) is 24.3 Å². The summed E-state index contributed by atoms with van der Waals surface area (Å²) in [5.74, 6) is 0.844. The number of aromatic amines is 1. The summed E-state index contributed by atoms with van der Waals surface area (Å²) in [6, 6.07) is 5.68.